The Hall–Kier alpha value is -2.14. The van der Waals surface area contributed by atoms with Gasteiger partial charge in [-0.25, -0.2) is 0 Å². The van der Waals surface area contributed by atoms with Gasteiger partial charge in [-0.05, 0) is 24.0 Å². The smallest absolute Gasteiger partial charge is 0.254 e. The van der Waals surface area contributed by atoms with Gasteiger partial charge in [0.2, 0.25) is 0 Å². The summed E-state index contributed by atoms with van der Waals surface area (Å²) in [6.07, 6.45) is 1.72. The van der Waals surface area contributed by atoms with Crippen molar-refractivity contribution in [2.75, 3.05) is 6.54 Å². The van der Waals surface area contributed by atoms with E-state index in [2.05, 4.69) is 36.4 Å². The highest BCUT2D eigenvalue weighted by atomic mass is 16.1. The van der Waals surface area contributed by atoms with Crippen molar-refractivity contribution in [3.63, 3.8) is 0 Å². The molecule has 1 amide bonds. The van der Waals surface area contributed by atoms with Crippen LogP contribution in [0, 0.1) is 6.92 Å². The number of rotatable bonds is 5. The molecule has 1 aromatic heterocycles. The van der Waals surface area contributed by atoms with Gasteiger partial charge in [0.25, 0.3) is 5.91 Å². The molecule has 22 heavy (non-hydrogen) atoms. The van der Waals surface area contributed by atoms with Crippen LogP contribution >= 0.6 is 0 Å². The Labute approximate surface area is 131 Å². The Morgan fingerprint density at radius 1 is 1.27 bits per heavy atom. The summed E-state index contributed by atoms with van der Waals surface area (Å²) in [5.74, 6) is 0.360. The molecule has 0 spiro atoms. The number of benzene rings is 1. The number of hydrogen-bond donors (Lipinski definition) is 2. The number of nitrogens with one attached hydrogen (secondary N) is 1. The number of carbonyl (C=O) groups is 1. The lowest BCUT2D eigenvalue weighted by Crippen LogP contribution is -2.32. The van der Waals surface area contributed by atoms with E-state index in [1.165, 1.54) is 5.56 Å². The highest BCUT2D eigenvalue weighted by molar-refractivity contribution is 5.95. The van der Waals surface area contributed by atoms with Gasteiger partial charge in [-0.2, -0.15) is 5.10 Å². The van der Waals surface area contributed by atoms with Crippen LogP contribution in [0.1, 0.15) is 53.0 Å². The van der Waals surface area contributed by atoms with Gasteiger partial charge < -0.3 is 11.1 Å². The number of aromatic nitrogens is 2. The first-order valence-corrected chi connectivity index (χ1v) is 7.52. The van der Waals surface area contributed by atoms with Gasteiger partial charge in [0.05, 0.1) is 11.3 Å². The maximum absolute atomic E-state index is 12.1. The maximum Gasteiger partial charge on any atom is 0.254 e. The number of aryl methyl sites for hydroxylation is 2. The molecule has 0 saturated carbocycles. The Morgan fingerprint density at radius 2 is 1.86 bits per heavy atom. The quantitative estimate of drug-likeness (QED) is 0.889. The molecule has 0 fully saturated rings. The van der Waals surface area contributed by atoms with Gasteiger partial charge >= 0.3 is 0 Å². The zero-order chi connectivity index (χ0) is 16.3. The summed E-state index contributed by atoms with van der Waals surface area (Å²) < 4.78 is 1.63. The molecule has 5 heteroatoms. The van der Waals surface area contributed by atoms with Crippen molar-refractivity contribution >= 4 is 5.91 Å². The molecule has 2 aromatic rings. The zero-order valence-corrected chi connectivity index (χ0v) is 13.6. The lowest BCUT2D eigenvalue weighted by atomic mass is 9.99. The monoisotopic (exact) mass is 300 g/mol. The van der Waals surface area contributed by atoms with Crippen LogP contribution in [0.2, 0.25) is 0 Å². The van der Waals surface area contributed by atoms with E-state index in [1.807, 2.05) is 19.1 Å². The van der Waals surface area contributed by atoms with Gasteiger partial charge in [0, 0.05) is 25.8 Å². The summed E-state index contributed by atoms with van der Waals surface area (Å²) >= 11 is 0. The molecule has 0 bridgehead atoms. The van der Waals surface area contributed by atoms with Crippen LogP contribution in [0.25, 0.3) is 0 Å². The van der Waals surface area contributed by atoms with Crippen molar-refractivity contribution in [3.05, 3.63) is 52.8 Å². The predicted octanol–water partition coefficient (Wildman–Crippen LogP) is 2.28. The second kappa shape index (κ2) is 6.75. The number of amides is 1. The summed E-state index contributed by atoms with van der Waals surface area (Å²) in [5.41, 5.74) is 9.76. The SMILES string of the molecule is Cc1nn(C)cc1C(=O)NCC(N)c1ccc(C(C)C)cc1. The number of hydrogen-bond acceptors (Lipinski definition) is 3. The number of nitrogens with zero attached hydrogens (tertiary/aromatic N) is 2. The van der Waals surface area contributed by atoms with Crippen LogP contribution in [-0.4, -0.2) is 22.2 Å². The highest BCUT2D eigenvalue weighted by Crippen LogP contribution is 2.17. The molecular weight excluding hydrogens is 276 g/mol. The molecule has 0 aliphatic heterocycles. The first-order valence-electron chi connectivity index (χ1n) is 7.52. The van der Waals surface area contributed by atoms with Crippen molar-refractivity contribution in [3.8, 4) is 0 Å². The summed E-state index contributed by atoms with van der Waals surface area (Å²) in [7, 11) is 1.80. The van der Waals surface area contributed by atoms with E-state index in [0.717, 1.165) is 11.3 Å². The van der Waals surface area contributed by atoms with Gasteiger partial charge in [0.15, 0.2) is 0 Å². The minimum atomic E-state index is -0.220. The largest absolute Gasteiger partial charge is 0.350 e. The molecule has 2 rings (SSSR count). The van der Waals surface area contributed by atoms with E-state index in [0.29, 0.717) is 18.0 Å². The molecular formula is C17H24N4O. The minimum absolute atomic E-state index is 0.139. The average Bonchev–Trinajstić information content (AvgIpc) is 2.83. The lowest BCUT2D eigenvalue weighted by Gasteiger charge is -2.14. The summed E-state index contributed by atoms with van der Waals surface area (Å²) in [6, 6.07) is 8.02. The van der Waals surface area contributed by atoms with Crippen LogP contribution in [-0.2, 0) is 7.05 Å². The van der Waals surface area contributed by atoms with E-state index >= 15 is 0 Å². The van der Waals surface area contributed by atoms with E-state index in [9.17, 15) is 4.79 Å². The standard InChI is InChI=1S/C17H24N4O/c1-11(2)13-5-7-14(8-6-13)16(18)9-19-17(22)15-10-21(4)20-12(15)3/h5-8,10-11,16H,9,18H2,1-4H3,(H,19,22). The van der Waals surface area contributed by atoms with Crippen molar-refractivity contribution < 1.29 is 4.79 Å². The van der Waals surface area contributed by atoms with Gasteiger partial charge in [-0.3, -0.25) is 9.48 Å². The van der Waals surface area contributed by atoms with Crippen molar-refractivity contribution in [1.82, 2.24) is 15.1 Å². The van der Waals surface area contributed by atoms with Crippen LogP contribution in [0.5, 0.6) is 0 Å². The summed E-state index contributed by atoms with van der Waals surface area (Å²) in [4.78, 5) is 12.1. The maximum atomic E-state index is 12.1. The van der Waals surface area contributed by atoms with E-state index in [4.69, 9.17) is 5.73 Å². The third-order valence-electron chi connectivity index (χ3n) is 3.77. The molecule has 0 radical (unpaired) electrons. The summed E-state index contributed by atoms with van der Waals surface area (Å²) in [6.45, 7) is 6.53. The Bertz CT molecular complexity index is 643. The molecule has 5 nitrogen and oxygen atoms in total. The van der Waals surface area contributed by atoms with Crippen LogP contribution in [0.3, 0.4) is 0 Å². The Morgan fingerprint density at radius 3 is 2.36 bits per heavy atom. The summed E-state index contributed by atoms with van der Waals surface area (Å²) in [5, 5.41) is 7.04. The van der Waals surface area contributed by atoms with Crippen molar-refractivity contribution in [2.24, 2.45) is 12.8 Å². The van der Waals surface area contributed by atoms with Crippen LogP contribution < -0.4 is 11.1 Å². The van der Waals surface area contributed by atoms with E-state index in [1.54, 1.807) is 17.9 Å². The molecule has 1 unspecified atom stereocenters. The molecule has 0 aliphatic carbocycles. The fourth-order valence-corrected chi connectivity index (χ4v) is 2.37. The molecule has 1 atom stereocenters. The van der Waals surface area contributed by atoms with Gasteiger partial charge in [-0.15, -0.1) is 0 Å². The molecule has 1 heterocycles. The first-order chi connectivity index (χ1) is 10.4. The zero-order valence-electron chi connectivity index (χ0n) is 13.6. The number of carbonyl (C=O) groups excluding carboxylic acids is 1. The highest BCUT2D eigenvalue weighted by Gasteiger charge is 2.14. The van der Waals surface area contributed by atoms with Crippen molar-refractivity contribution in [1.29, 1.82) is 0 Å². The second-order valence-corrected chi connectivity index (χ2v) is 5.94. The Kier molecular flexibility index (Phi) is 4.98. The van der Waals surface area contributed by atoms with Crippen LogP contribution in [0.4, 0.5) is 0 Å². The Balaban J connectivity index is 1.96. The molecule has 0 saturated heterocycles. The molecule has 0 aliphatic rings. The molecule has 1 aromatic carbocycles. The fourth-order valence-electron chi connectivity index (χ4n) is 2.37. The fraction of sp³-hybridized carbons (Fsp3) is 0.412. The molecule has 3 N–H and O–H groups in total. The first kappa shape index (κ1) is 16.2. The van der Waals surface area contributed by atoms with E-state index < -0.39 is 0 Å². The van der Waals surface area contributed by atoms with Gasteiger partial charge in [-0.1, -0.05) is 38.1 Å². The third-order valence-corrected chi connectivity index (χ3v) is 3.77. The minimum Gasteiger partial charge on any atom is -0.350 e. The van der Waals surface area contributed by atoms with Crippen molar-refractivity contribution in [2.45, 2.75) is 32.7 Å². The predicted molar refractivity (Wildman–Crippen MR) is 87.7 cm³/mol. The van der Waals surface area contributed by atoms with E-state index in [-0.39, 0.29) is 11.9 Å². The number of nitrogens with two attached hydrogens (primary N) is 1. The average molecular weight is 300 g/mol. The van der Waals surface area contributed by atoms with Crippen LogP contribution in [0.15, 0.2) is 30.5 Å². The van der Waals surface area contributed by atoms with Gasteiger partial charge in [0.1, 0.15) is 0 Å². The topological polar surface area (TPSA) is 72.9 Å². The normalized spacial score (nSPS) is 12.5. The second-order valence-electron chi connectivity index (χ2n) is 5.94. The third kappa shape index (κ3) is 3.74. The lowest BCUT2D eigenvalue weighted by molar-refractivity contribution is 0.0950. The molecule has 118 valence electrons.